The summed E-state index contributed by atoms with van der Waals surface area (Å²) in [6, 6.07) is 21.6. The highest BCUT2D eigenvalue weighted by molar-refractivity contribution is 5.31. The molecule has 112 valence electrons. The molecular formula is C19H21N3. The van der Waals surface area contributed by atoms with Gasteiger partial charge in [-0.2, -0.15) is 5.26 Å². The predicted octanol–water partition coefficient (Wildman–Crippen LogP) is 3.09. The van der Waals surface area contributed by atoms with Gasteiger partial charge in [-0.05, 0) is 36.7 Å². The fraction of sp³-hybridized carbons (Fsp3) is 0.316. The molecule has 3 rings (SSSR count). The van der Waals surface area contributed by atoms with E-state index >= 15 is 0 Å². The smallest absolute Gasteiger partial charge is 0.0991 e. The van der Waals surface area contributed by atoms with Gasteiger partial charge in [-0.1, -0.05) is 42.5 Å². The second-order valence-corrected chi connectivity index (χ2v) is 5.92. The third-order valence-electron chi connectivity index (χ3n) is 4.44. The van der Waals surface area contributed by atoms with Crippen LogP contribution in [0, 0.1) is 11.3 Å². The lowest BCUT2D eigenvalue weighted by Crippen LogP contribution is -2.34. The van der Waals surface area contributed by atoms with E-state index in [1.165, 1.54) is 11.1 Å². The summed E-state index contributed by atoms with van der Waals surface area (Å²) in [5, 5.41) is 12.5. The summed E-state index contributed by atoms with van der Waals surface area (Å²) in [7, 11) is 2.20. The van der Waals surface area contributed by atoms with Crippen LogP contribution in [-0.4, -0.2) is 24.5 Å². The molecule has 3 nitrogen and oxygen atoms in total. The number of hydrogen-bond donors (Lipinski definition) is 1. The maximum Gasteiger partial charge on any atom is 0.0991 e. The Morgan fingerprint density at radius 2 is 1.86 bits per heavy atom. The maximum atomic E-state index is 8.85. The van der Waals surface area contributed by atoms with Crippen LogP contribution in [0.15, 0.2) is 54.6 Å². The Morgan fingerprint density at radius 3 is 2.55 bits per heavy atom. The quantitative estimate of drug-likeness (QED) is 0.941. The lowest BCUT2D eigenvalue weighted by molar-refractivity contribution is 0.286. The molecule has 2 atom stereocenters. The minimum Gasteiger partial charge on any atom is -0.308 e. The van der Waals surface area contributed by atoms with E-state index in [1.807, 2.05) is 24.3 Å². The minimum absolute atomic E-state index is 0.430. The standard InChI is InChI=1S/C19H21N3/c1-22-12-11-18(19(22)17-5-3-2-4-6-17)21-14-16-9-7-15(13-20)8-10-16/h2-10,18-19,21H,11-12,14H2,1H3/t18-,19+/m1/s1. The Morgan fingerprint density at radius 1 is 1.14 bits per heavy atom. The Kier molecular flexibility index (Phi) is 4.53. The summed E-state index contributed by atoms with van der Waals surface area (Å²) in [6.07, 6.45) is 1.16. The van der Waals surface area contributed by atoms with Gasteiger partial charge in [0, 0.05) is 25.2 Å². The van der Waals surface area contributed by atoms with Crippen molar-refractivity contribution in [3.8, 4) is 6.07 Å². The Bertz CT molecular complexity index is 643. The topological polar surface area (TPSA) is 39.1 Å². The molecule has 0 saturated carbocycles. The molecule has 1 aliphatic rings. The fourth-order valence-electron chi connectivity index (χ4n) is 3.24. The number of hydrogen-bond acceptors (Lipinski definition) is 3. The van der Waals surface area contributed by atoms with Gasteiger partial charge in [-0.15, -0.1) is 0 Å². The number of likely N-dealkylation sites (tertiary alicyclic amines) is 1. The second-order valence-electron chi connectivity index (χ2n) is 5.92. The van der Waals surface area contributed by atoms with Crippen LogP contribution in [0.3, 0.4) is 0 Å². The molecule has 22 heavy (non-hydrogen) atoms. The zero-order valence-electron chi connectivity index (χ0n) is 12.9. The van der Waals surface area contributed by atoms with E-state index in [9.17, 15) is 0 Å². The van der Waals surface area contributed by atoms with Crippen LogP contribution in [0.2, 0.25) is 0 Å². The van der Waals surface area contributed by atoms with Crippen LogP contribution in [0.5, 0.6) is 0 Å². The molecule has 0 unspecified atom stereocenters. The van der Waals surface area contributed by atoms with Gasteiger partial charge in [0.05, 0.1) is 11.6 Å². The molecule has 2 aromatic rings. The molecule has 0 spiro atoms. The number of nitrogens with one attached hydrogen (secondary N) is 1. The van der Waals surface area contributed by atoms with Crippen molar-refractivity contribution in [2.24, 2.45) is 0 Å². The molecule has 1 saturated heterocycles. The first-order chi connectivity index (χ1) is 10.8. The van der Waals surface area contributed by atoms with Crippen LogP contribution in [0.1, 0.15) is 29.2 Å². The first-order valence-electron chi connectivity index (χ1n) is 7.75. The SMILES string of the molecule is CN1CC[C@@H](NCc2ccc(C#N)cc2)[C@@H]1c1ccccc1. The molecule has 1 N–H and O–H groups in total. The number of benzene rings is 2. The summed E-state index contributed by atoms with van der Waals surface area (Å²) in [6.45, 7) is 1.96. The summed E-state index contributed by atoms with van der Waals surface area (Å²) in [5.41, 5.74) is 3.31. The number of likely N-dealkylation sites (N-methyl/N-ethyl adjacent to an activating group) is 1. The van der Waals surface area contributed by atoms with Gasteiger partial charge in [0.25, 0.3) is 0 Å². The Labute approximate surface area is 132 Å². The van der Waals surface area contributed by atoms with Crippen molar-refractivity contribution in [3.05, 3.63) is 71.3 Å². The summed E-state index contributed by atoms with van der Waals surface area (Å²) in [5.74, 6) is 0. The highest BCUT2D eigenvalue weighted by Crippen LogP contribution is 2.30. The lowest BCUT2D eigenvalue weighted by atomic mass is 10.00. The minimum atomic E-state index is 0.430. The van der Waals surface area contributed by atoms with E-state index in [0.29, 0.717) is 17.6 Å². The molecule has 2 aromatic carbocycles. The zero-order chi connectivity index (χ0) is 15.4. The second kappa shape index (κ2) is 6.74. The molecule has 0 amide bonds. The molecule has 0 aromatic heterocycles. The van der Waals surface area contributed by atoms with Crippen molar-refractivity contribution in [2.75, 3.05) is 13.6 Å². The number of rotatable bonds is 4. The Balaban J connectivity index is 1.67. The van der Waals surface area contributed by atoms with Gasteiger partial charge in [0.15, 0.2) is 0 Å². The monoisotopic (exact) mass is 291 g/mol. The van der Waals surface area contributed by atoms with E-state index in [-0.39, 0.29) is 0 Å². The van der Waals surface area contributed by atoms with Crippen molar-refractivity contribution in [3.63, 3.8) is 0 Å². The van der Waals surface area contributed by atoms with Gasteiger partial charge >= 0.3 is 0 Å². The normalized spacial score (nSPS) is 21.6. The van der Waals surface area contributed by atoms with Gasteiger partial charge in [-0.25, -0.2) is 0 Å². The maximum absolute atomic E-state index is 8.85. The first-order valence-corrected chi connectivity index (χ1v) is 7.75. The molecule has 1 aliphatic heterocycles. The Hall–Kier alpha value is -2.15. The lowest BCUT2D eigenvalue weighted by Gasteiger charge is -2.26. The highest BCUT2D eigenvalue weighted by Gasteiger charge is 2.32. The van der Waals surface area contributed by atoms with E-state index in [2.05, 4.69) is 53.7 Å². The van der Waals surface area contributed by atoms with Crippen LogP contribution in [0.25, 0.3) is 0 Å². The third-order valence-corrected chi connectivity index (χ3v) is 4.44. The van der Waals surface area contributed by atoms with E-state index in [0.717, 1.165) is 19.5 Å². The van der Waals surface area contributed by atoms with Crippen LogP contribution >= 0.6 is 0 Å². The van der Waals surface area contributed by atoms with Crippen LogP contribution in [-0.2, 0) is 6.54 Å². The molecular weight excluding hydrogens is 270 g/mol. The van der Waals surface area contributed by atoms with Crippen molar-refractivity contribution in [2.45, 2.75) is 25.0 Å². The molecule has 3 heteroatoms. The average Bonchev–Trinajstić information content (AvgIpc) is 2.95. The largest absolute Gasteiger partial charge is 0.308 e. The van der Waals surface area contributed by atoms with E-state index < -0.39 is 0 Å². The molecule has 0 radical (unpaired) electrons. The number of nitrogens with zero attached hydrogens (tertiary/aromatic N) is 2. The van der Waals surface area contributed by atoms with Gasteiger partial charge < -0.3 is 5.32 Å². The van der Waals surface area contributed by atoms with Crippen molar-refractivity contribution in [1.29, 1.82) is 5.26 Å². The average molecular weight is 291 g/mol. The number of nitriles is 1. The van der Waals surface area contributed by atoms with Gasteiger partial charge in [0.2, 0.25) is 0 Å². The van der Waals surface area contributed by atoms with Gasteiger partial charge in [0.1, 0.15) is 0 Å². The molecule has 0 bridgehead atoms. The predicted molar refractivity (Wildman–Crippen MR) is 88.2 cm³/mol. The summed E-state index contributed by atoms with van der Waals surface area (Å²) < 4.78 is 0. The van der Waals surface area contributed by atoms with E-state index in [4.69, 9.17) is 5.26 Å². The highest BCUT2D eigenvalue weighted by atomic mass is 15.2. The summed E-state index contributed by atoms with van der Waals surface area (Å²) >= 11 is 0. The van der Waals surface area contributed by atoms with Crippen molar-refractivity contribution < 1.29 is 0 Å². The zero-order valence-corrected chi connectivity index (χ0v) is 12.9. The third kappa shape index (κ3) is 3.19. The van der Waals surface area contributed by atoms with Crippen molar-refractivity contribution >= 4 is 0 Å². The summed E-state index contributed by atoms with van der Waals surface area (Å²) in [4.78, 5) is 2.42. The molecule has 1 heterocycles. The van der Waals surface area contributed by atoms with Crippen molar-refractivity contribution in [1.82, 2.24) is 10.2 Å². The van der Waals surface area contributed by atoms with Crippen LogP contribution in [0.4, 0.5) is 0 Å². The molecule has 1 fully saturated rings. The first kappa shape index (κ1) is 14.8. The molecule has 0 aliphatic carbocycles. The van der Waals surface area contributed by atoms with E-state index in [1.54, 1.807) is 0 Å². The van der Waals surface area contributed by atoms with Crippen LogP contribution < -0.4 is 5.32 Å². The van der Waals surface area contributed by atoms with Gasteiger partial charge in [-0.3, -0.25) is 4.90 Å². The fourth-order valence-corrected chi connectivity index (χ4v) is 3.24.